The molecule has 1 N–H and O–H groups in total. The maximum Gasteiger partial charge on any atom is 0.162 e. The third-order valence-electron chi connectivity index (χ3n) is 3.25. The van der Waals surface area contributed by atoms with Crippen LogP contribution in [0, 0.1) is 6.92 Å². The molecule has 1 aromatic heterocycles. The second kappa shape index (κ2) is 7.00. The highest BCUT2D eigenvalue weighted by molar-refractivity contribution is 7.99. The first-order valence-corrected chi connectivity index (χ1v) is 8.00. The fourth-order valence-electron chi connectivity index (χ4n) is 2.13. The fourth-order valence-corrected chi connectivity index (χ4v) is 2.97. The van der Waals surface area contributed by atoms with Crippen LogP contribution < -0.4 is 4.74 Å². The van der Waals surface area contributed by atoms with E-state index in [2.05, 4.69) is 36.3 Å². The molecular weight excluding hydrogens is 284 g/mol. The van der Waals surface area contributed by atoms with E-state index in [4.69, 9.17) is 4.74 Å². The first-order valence-electron chi connectivity index (χ1n) is 7.02. The first kappa shape index (κ1) is 15.9. The first-order chi connectivity index (χ1) is 10.0. The average molecular weight is 306 g/mol. The Morgan fingerprint density at radius 1 is 1.29 bits per heavy atom. The van der Waals surface area contributed by atoms with Crippen LogP contribution >= 0.6 is 11.8 Å². The molecule has 114 valence electrons. The molecule has 2 aromatic rings. The number of hydrogen-bond donors (Lipinski definition) is 1. The van der Waals surface area contributed by atoms with E-state index in [0.717, 1.165) is 10.6 Å². The summed E-state index contributed by atoms with van der Waals surface area (Å²) in [5, 5.41) is 14.8. The van der Waals surface area contributed by atoms with Crippen LogP contribution in [0.15, 0.2) is 35.4 Å². The number of aromatic nitrogens is 2. The van der Waals surface area contributed by atoms with Crippen molar-refractivity contribution in [2.24, 2.45) is 0 Å². The van der Waals surface area contributed by atoms with Gasteiger partial charge in [0.15, 0.2) is 5.75 Å². The van der Waals surface area contributed by atoms with Crippen LogP contribution in [0.25, 0.3) is 0 Å². The summed E-state index contributed by atoms with van der Waals surface area (Å²) in [6.07, 6.45) is 1.05. The normalized spacial score (nSPS) is 12.7. The van der Waals surface area contributed by atoms with E-state index in [-0.39, 0.29) is 6.04 Å². The number of aliphatic hydroxyl groups is 1. The molecule has 0 saturated heterocycles. The van der Waals surface area contributed by atoms with Crippen LogP contribution in [0.1, 0.15) is 37.3 Å². The van der Waals surface area contributed by atoms with Crippen molar-refractivity contribution in [3.8, 4) is 5.75 Å². The van der Waals surface area contributed by atoms with Gasteiger partial charge in [0.05, 0.1) is 13.3 Å². The molecule has 0 aliphatic carbocycles. The molecule has 1 atom stereocenters. The van der Waals surface area contributed by atoms with Gasteiger partial charge in [-0.1, -0.05) is 17.7 Å². The van der Waals surface area contributed by atoms with E-state index in [9.17, 15) is 5.11 Å². The lowest BCUT2D eigenvalue weighted by Crippen LogP contribution is -2.13. The smallest absolute Gasteiger partial charge is 0.162 e. The van der Waals surface area contributed by atoms with E-state index in [1.165, 1.54) is 5.56 Å². The van der Waals surface area contributed by atoms with Gasteiger partial charge in [0, 0.05) is 16.7 Å². The number of nitrogens with zero attached hydrogens (tertiary/aromatic N) is 2. The minimum Gasteiger partial charge on any atom is -0.493 e. The van der Waals surface area contributed by atoms with Gasteiger partial charge >= 0.3 is 0 Å². The summed E-state index contributed by atoms with van der Waals surface area (Å²) in [7, 11) is 1.60. The van der Waals surface area contributed by atoms with Gasteiger partial charge in [-0.25, -0.2) is 0 Å². The average Bonchev–Trinajstić information content (AvgIpc) is 2.90. The van der Waals surface area contributed by atoms with Gasteiger partial charge in [-0.15, -0.1) is 11.8 Å². The van der Waals surface area contributed by atoms with Crippen LogP contribution in [0.5, 0.6) is 5.75 Å². The van der Waals surface area contributed by atoms with Gasteiger partial charge in [-0.3, -0.25) is 4.68 Å². The zero-order chi connectivity index (χ0) is 15.4. The van der Waals surface area contributed by atoms with Crippen molar-refractivity contribution in [1.82, 2.24) is 9.78 Å². The van der Waals surface area contributed by atoms with E-state index in [1.54, 1.807) is 25.1 Å². The minimum absolute atomic E-state index is 0.183. The van der Waals surface area contributed by atoms with Crippen molar-refractivity contribution in [1.29, 1.82) is 0 Å². The number of aliphatic hydroxyl groups excluding tert-OH is 1. The lowest BCUT2D eigenvalue weighted by Gasteiger charge is -2.17. The van der Waals surface area contributed by atoms with Gasteiger partial charge < -0.3 is 9.84 Å². The van der Waals surface area contributed by atoms with Crippen LogP contribution in [0.2, 0.25) is 0 Å². The maximum absolute atomic E-state index is 10.5. The zero-order valence-electron chi connectivity index (χ0n) is 12.9. The zero-order valence-corrected chi connectivity index (χ0v) is 13.7. The standard InChI is InChI=1S/C16H22N2O2S/c1-11(2)18-16(15(20-4)9-17-18)14(19)10-21-13-7-5-12(3)6-8-13/h5-9,11,14,19H,10H2,1-4H3. The number of aryl methyl sites for hydroxylation is 1. The number of hydrogen-bond acceptors (Lipinski definition) is 4. The molecule has 0 aliphatic heterocycles. The molecule has 0 spiro atoms. The lowest BCUT2D eigenvalue weighted by molar-refractivity contribution is 0.184. The van der Waals surface area contributed by atoms with E-state index in [0.29, 0.717) is 11.5 Å². The fraction of sp³-hybridized carbons (Fsp3) is 0.438. The summed E-state index contributed by atoms with van der Waals surface area (Å²) in [5.41, 5.74) is 1.98. The van der Waals surface area contributed by atoms with Crippen LogP contribution in [-0.4, -0.2) is 27.7 Å². The van der Waals surface area contributed by atoms with Gasteiger partial charge in [0.2, 0.25) is 0 Å². The van der Waals surface area contributed by atoms with Crippen molar-refractivity contribution in [2.75, 3.05) is 12.9 Å². The van der Waals surface area contributed by atoms with Gasteiger partial charge in [-0.2, -0.15) is 5.10 Å². The molecule has 0 aliphatic rings. The van der Waals surface area contributed by atoms with Crippen LogP contribution in [-0.2, 0) is 0 Å². The van der Waals surface area contributed by atoms with Crippen molar-refractivity contribution in [3.05, 3.63) is 41.7 Å². The summed E-state index contributed by atoms with van der Waals surface area (Å²) in [4.78, 5) is 1.15. The summed E-state index contributed by atoms with van der Waals surface area (Å²) in [6, 6.07) is 8.48. The predicted octanol–water partition coefficient (Wildman–Crippen LogP) is 3.61. The van der Waals surface area contributed by atoms with Crippen LogP contribution in [0.3, 0.4) is 0 Å². The van der Waals surface area contributed by atoms with Gasteiger partial charge in [0.25, 0.3) is 0 Å². The van der Waals surface area contributed by atoms with Gasteiger partial charge in [-0.05, 0) is 32.9 Å². The number of methoxy groups -OCH3 is 1. The number of rotatable bonds is 6. The van der Waals surface area contributed by atoms with E-state index >= 15 is 0 Å². The molecule has 0 radical (unpaired) electrons. The molecular formula is C16H22N2O2S. The summed E-state index contributed by atoms with van der Waals surface area (Å²) >= 11 is 1.63. The highest BCUT2D eigenvalue weighted by atomic mass is 32.2. The molecule has 5 heteroatoms. The Morgan fingerprint density at radius 3 is 2.52 bits per heavy atom. The molecule has 1 aromatic carbocycles. The Bertz CT molecular complexity index is 578. The van der Waals surface area contributed by atoms with Crippen LogP contribution in [0.4, 0.5) is 0 Å². The third-order valence-corrected chi connectivity index (χ3v) is 4.34. The van der Waals surface area contributed by atoms with E-state index in [1.807, 2.05) is 18.5 Å². The Morgan fingerprint density at radius 2 is 1.95 bits per heavy atom. The minimum atomic E-state index is -0.615. The quantitative estimate of drug-likeness (QED) is 0.828. The van der Waals surface area contributed by atoms with Crippen molar-refractivity contribution < 1.29 is 9.84 Å². The van der Waals surface area contributed by atoms with Crippen molar-refractivity contribution in [2.45, 2.75) is 37.8 Å². The highest BCUT2D eigenvalue weighted by Crippen LogP contribution is 2.31. The molecule has 4 nitrogen and oxygen atoms in total. The third kappa shape index (κ3) is 3.80. The SMILES string of the molecule is COc1cnn(C(C)C)c1C(O)CSc1ccc(C)cc1. The Hall–Kier alpha value is -1.46. The second-order valence-electron chi connectivity index (χ2n) is 5.28. The lowest BCUT2D eigenvalue weighted by atomic mass is 10.2. The largest absolute Gasteiger partial charge is 0.493 e. The Balaban J connectivity index is 2.11. The Kier molecular flexibility index (Phi) is 5.31. The topological polar surface area (TPSA) is 47.3 Å². The highest BCUT2D eigenvalue weighted by Gasteiger charge is 2.21. The summed E-state index contributed by atoms with van der Waals surface area (Å²) in [6.45, 7) is 6.14. The molecule has 1 unspecified atom stereocenters. The summed E-state index contributed by atoms with van der Waals surface area (Å²) < 4.78 is 7.13. The molecule has 2 rings (SSSR count). The molecule has 0 fully saturated rings. The van der Waals surface area contributed by atoms with E-state index < -0.39 is 6.10 Å². The number of thioether (sulfide) groups is 1. The molecule has 0 saturated carbocycles. The van der Waals surface area contributed by atoms with Gasteiger partial charge in [0.1, 0.15) is 11.8 Å². The number of ether oxygens (including phenoxy) is 1. The van der Waals surface area contributed by atoms with Crippen molar-refractivity contribution in [3.63, 3.8) is 0 Å². The number of benzene rings is 1. The maximum atomic E-state index is 10.5. The molecule has 21 heavy (non-hydrogen) atoms. The molecule has 1 heterocycles. The Labute approximate surface area is 130 Å². The monoisotopic (exact) mass is 306 g/mol. The molecule has 0 bridgehead atoms. The summed E-state index contributed by atoms with van der Waals surface area (Å²) in [5.74, 6) is 1.21. The molecule has 0 amide bonds. The second-order valence-corrected chi connectivity index (χ2v) is 6.37. The van der Waals surface area contributed by atoms with Crippen molar-refractivity contribution >= 4 is 11.8 Å². The predicted molar refractivity (Wildman–Crippen MR) is 86.0 cm³/mol.